The van der Waals surface area contributed by atoms with Crippen LogP contribution in [0.2, 0.25) is 10.0 Å². The van der Waals surface area contributed by atoms with E-state index < -0.39 is 16.1 Å². The lowest BCUT2D eigenvalue weighted by atomic mass is 10.2. The SMILES string of the molecule is CCCCNC(=O)[C@@H](C)N(c1cc(Cl)ccc1Cl)S(C)(=O)=O. The summed E-state index contributed by atoms with van der Waals surface area (Å²) in [6, 6.07) is 3.56. The second-order valence-electron chi connectivity index (χ2n) is 4.98. The summed E-state index contributed by atoms with van der Waals surface area (Å²) in [5.41, 5.74) is 0.190. The summed E-state index contributed by atoms with van der Waals surface area (Å²) < 4.78 is 25.2. The van der Waals surface area contributed by atoms with Gasteiger partial charge >= 0.3 is 0 Å². The molecule has 0 saturated heterocycles. The fourth-order valence-electron chi connectivity index (χ4n) is 1.97. The second-order valence-corrected chi connectivity index (χ2v) is 7.68. The first-order chi connectivity index (χ1) is 10.2. The Balaban J connectivity index is 3.14. The summed E-state index contributed by atoms with van der Waals surface area (Å²) in [4.78, 5) is 12.2. The van der Waals surface area contributed by atoms with Gasteiger partial charge < -0.3 is 5.32 Å². The molecule has 1 atom stereocenters. The number of amides is 1. The molecule has 5 nitrogen and oxygen atoms in total. The third kappa shape index (κ3) is 5.04. The molecule has 0 unspecified atom stereocenters. The number of nitrogens with one attached hydrogen (secondary N) is 1. The Morgan fingerprint density at radius 3 is 2.55 bits per heavy atom. The van der Waals surface area contributed by atoms with E-state index in [1.165, 1.54) is 19.1 Å². The van der Waals surface area contributed by atoms with E-state index in [2.05, 4.69) is 5.32 Å². The van der Waals surface area contributed by atoms with E-state index in [0.29, 0.717) is 11.6 Å². The minimum absolute atomic E-state index is 0.190. The average molecular weight is 367 g/mol. The smallest absolute Gasteiger partial charge is 0.243 e. The largest absolute Gasteiger partial charge is 0.354 e. The van der Waals surface area contributed by atoms with Gasteiger partial charge in [-0.2, -0.15) is 0 Å². The number of halogens is 2. The first-order valence-corrected chi connectivity index (χ1v) is 9.51. The van der Waals surface area contributed by atoms with Crippen molar-refractivity contribution < 1.29 is 13.2 Å². The number of hydrogen-bond donors (Lipinski definition) is 1. The number of benzene rings is 1. The van der Waals surface area contributed by atoms with E-state index in [1.54, 1.807) is 6.07 Å². The average Bonchev–Trinajstić information content (AvgIpc) is 2.41. The van der Waals surface area contributed by atoms with Crippen molar-refractivity contribution in [2.75, 3.05) is 17.1 Å². The molecule has 0 radical (unpaired) electrons. The van der Waals surface area contributed by atoms with E-state index in [-0.39, 0.29) is 16.6 Å². The van der Waals surface area contributed by atoms with Gasteiger partial charge in [-0.25, -0.2) is 8.42 Å². The van der Waals surface area contributed by atoms with E-state index in [4.69, 9.17) is 23.2 Å². The van der Waals surface area contributed by atoms with Gasteiger partial charge in [0, 0.05) is 11.6 Å². The maximum Gasteiger partial charge on any atom is 0.243 e. The number of rotatable bonds is 7. The number of sulfonamides is 1. The number of nitrogens with zero attached hydrogens (tertiary/aromatic N) is 1. The predicted molar refractivity (Wildman–Crippen MR) is 91.2 cm³/mol. The zero-order valence-corrected chi connectivity index (χ0v) is 15.1. The zero-order chi connectivity index (χ0) is 16.9. The van der Waals surface area contributed by atoms with Crippen molar-refractivity contribution in [3.63, 3.8) is 0 Å². The van der Waals surface area contributed by atoms with Crippen molar-refractivity contribution >= 4 is 44.8 Å². The topological polar surface area (TPSA) is 66.5 Å². The molecule has 0 saturated carbocycles. The van der Waals surface area contributed by atoms with Crippen LogP contribution in [0.3, 0.4) is 0 Å². The van der Waals surface area contributed by atoms with Gasteiger partial charge in [-0.15, -0.1) is 0 Å². The monoisotopic (exact) mass is 366 g/mol. The number of hydrogen-bond acceptors (Lipinski definition) is 3. The molecule has 0 aliphatic heterocycles. The quantitative estimate of drug-likeness (QED) is 0.754. The van der Waals surface area contributed by atoms with Gasteiger partial charge in [0.05, 0.1) is 17.0 Å². The molecular formula is C14H20Cl2N2O3S. The first-order valence-electron chi connectivity index (χ1n) is 6.90. The van der Waals surface area contributed by atoms with Gasteiger partial charge in [-0.3, -0.25) is 9.10 Å². The predicted octanol–water partition coefficient (Wildman–Crippen LogP) is 3.06. The first kappa shape index (κ1) is 19.1. The van der Waals surface area contributed by atoms with Crippen molar-refractivity contribution in [3.8, 4) is 0 Å². The highest BCUT2D eigenvalue weighted by Crippen LogP contribution is 2.32. The van der Waals surface area contributed by atoms with Crippen LogP contribution in [0.4, 0.5) is 5.69 Å². The molecule has 8 heteroatoms. The van der Waals surface area contributed by atoms with Crippen LogP contribution in [-0.2, 0) is 14.8 Å². The molecule has 0 heterocycles. The van der Waals surface area contributed by atoms with Crippen molar-refractivity contribution in [3.05, 3.63) is 28.2 Å². The summed E-state index contributed by atoms with van der Waals surface area (Å²) in [5, 5.41) is 3.27. The Morgan fingerprint density at radius 2 is 2.00 bits per heavy atom. The summed E-state index contributed by atoms with van der Waals surface area (Å²) in [6.45, 7) is 4.02. The van der Waals surface area contributed by atoms with Crippen molar-refractivity contribution in [2.24, 2.45) is 0 Å². The molecule has 0 bridgehead atoms. The Kier molecular flexibility index (Phi) is 6.97. The summed E-state index contributed by atoms with van der Waals surface area (Å²) >= 11 is 12.0. The molecule has 1 N–H and O–H groups in total. The minimum Gasteiger partial charge on any atom is -0.354 e. The van der Waals surface area contributed by atoms with Crippen molar-refractivity contribution in [1.29, 1.82) is 0 Å². The Labute approximate surface area is 141 Å². The lowest BCUT2D eigenvalue weighted by molar-refractivity contribution is -0.121. The van der Waals surface area contributed by atoms with Gasteiger partial charge in [-0.1, -0.05) is 36.5 Å². The van der Waals surface area contributed by atoms with Crippen LogP contribution in [0.15, 0.2) is 18.2 Å². The number of carbonyl (C=O) groups excluding carboxylic acids is 1. The summed E-state index contributed by atoms with van der Waals surface area (Å²) in [5.74, 6) is -0.380. The number of carbonyl (C=O) groups is 1. The molecule has 1 amide bonds. The van der Waals surface area contributed by atoms with Crippen LogP contribution in [0.5, 0.6) is 0 Å². The highest BCUT2D eigenvalue weighted by atomic mass is 35.5. The van der Waals surface area contributed by atoms with Gasteiger partial charge in [0.15, 0.2) is 0 Å². The van der Waals surface area contributed by atoms with Gasteiger partial charge in [0.2, 0.25) is 15.9 Å². The summed E-state index contributed by atoms with van der Waals surface area (Å²) in [6.07, 6.45) is 2.79. The normalized spacial score (nSPS) is 12.8. The third-order valence-electron chi connectivity index (χ3n) is 3.06. The molecule has 22 heavy (non-hydrogen) atoms. The summed E-state index contributed by atoms with van der Waals surface area (Å²) in [7, 11) is -3.70. The van der Waals surface area contributed by atoms with Gasteiger partial charge in [0.25, 0.3) is 0 Å². The third-order valence-corrected chi connectivity index (χ3v) is 4.85. The van der Waals surface area contributed by atoms with E-state index in [0.717, 1.165) is 23.4 Å². The van der Waals surface area contributed by atoms with Crippen molar-refractivity contribution in [1.82, 2.24) is 5.32 Å². The van der Waals surface area contributed by atoms with E-state index in [9.17, 15) is 13.2 Å². The van der Waals surface area contributed by atoms with Gasteiger partial charge in [0.1, 0.15) is 6.04 Å². The number of unbranched alkanes of at least 4 members (excludes halogenated alkanes) is 1. The molecule has 0 aromatic heterocycles. The highest BCUT2D eigenvalue weighted by molar-refractivity contribution is 7.92. The Hall–Kier alpha value is -0.980. The molecular weight excluding hydrogens is 347 g/mol. The molecule has 1 aromatic rings. The van der Waals surface area contributed by atoms with Crippen LogP contribution in [0.1, 0.15) is 26.7 Å². The van der Waals surface area contributed by atoms with Gasteiger partial charge in [-0.05, 0) is 31.5 Å². The maximum absolute atomic E-state index is 12.2. The standard InChI is InChI=1S/C14H20Cl2N2O3S/c1-4-5-8-17-14(19)10(2)18(22(3,20)21)13-9-11(15)6-7-12(13)16/h6-7,9-10H,4-5,8H2,1-3H3,(H,17,19)/t10-/m1/s1. The van der Waals surface area contributed by atoms with Crippen molar-refractivity contribution in [2.45, 2.75) is 32.7 Å². The molecule has 0 aliphatic carbocycles. The molecule has 1 rings (SSSR count). The lowest BCUT2D eigenvalue weighted by Crippen LogP contribution is -2.48. The molecule has 1 aromatic carbocycles. The van der Waals surface area contributed by atoms with Crippen LogP contribution >= 0.6 is 23.2 Å². The molecule has 0 aliphatic rings. The van der Waals surface area contributed by atoms with E-state index in [1.807, 2.05) is 6.92 Å². The fraction of sp³-hybridized carbons (Fsp3) is 0.500. The van der Waals surface area contributed by atoms with Crippen LogP contribution in [0, 0.1) is 0 Å². The minimum atomic E-state index is -3.70. The molecule has 0 spiro atoms. The van der Waals surface area contributed by atoms with Crippen LogP contribution < -0.4 is 9.62 Å². The van der Waals surface area contributed by atoms with Crippen LogP contribution in [0.25, 0.3) is 0 Å². The lowest BCUT2D eigenvalue weighted by Gasteiger charge is -2.29. The second kappa shape index (κ2) is 8.04. The zero-order valence-electron chi connectivity index (χ0n) is 12.8. The number of anilines is 1. The highest BCUT2D eigenvalue weighted by Gasteiger charge is 2.30. The molecule has 124 valence electrons. The Bertz CT molecular complexity index is 635. The molecule has 0 fully saturated rings. The van der Waals surface area contributed by atoms with Crippen LogP contribution in [-0.4, -0.2) is 33.2 Å². The van der Waals surface area contributed by atoms with E-state index >= 15 is 0 Å². The Morgan fingerprint density at radius 1 is 1.36 bits per heavy atom. The fourth-order valence-corrected chi connectivity index (χ4v) is 3.58. The maximum atomic E-state index is 12.2.